The number of aryl methyl sites for hydroxylation is 2. The number of hydrogen-bond donors (Lipinski definition) is 0. The summed E-state index contributed by atoms with van der Waals surface area (Å²) in [5.74, 6) is 0.0499. The van der Waals surface area contributed by atoms with Crippen LogP contribution in [0.1, 0.15) is 36.7 Å². The van der Waals surface area contributed by atoms with Gasteiger partial charge in [-0.25, -0.2) is 13.4 Å². The van der Waals surface area contributed by atoms with Crippen LogP contribution in [0.25, 0.3) is 10.2 Å². The van der Waals surface area contributed by atoms with E-state index in [0.717, 1.165) is 22.2 Å². The minimum atomic E-state index is -3.68. The Morgan fingerprint density at radius 3 is 2.72 bits per heavy atom. The number of benzene rings is 2. The molecule has 4 aromatic rings. The number of nitrogens with zero attached hydrogens (tertiary/aromatic N) is 3. The van der Waals surface area contributed by atoms with Crippen LogP contribution in [0.2, 0.25) is 0 Å². The van der Waals surface area contributed by atoms with Crippen LogP contribution in [0.4, 0.5) is 5.13 Å². The highest BCUT2D eigenvalue weighted by Crippen LogP contribution is 2.33. The Kier molecular flexibility index (Phi) is 6.96. The van der Waals surface area contributed by atoms with Crippen molar-refractivity contribution >= 4 is 42.6 Å². The smallest absolute Gasteiger partial charge is 0.243 e. The molecule has 1 aliphatic heterocycles. The lowest BCUT2D eigenvalue weighted by Gasteiger charge is -2.33. The number of hydrogen-bond acceptors (Lipinski definition) is 6. The normalized spacial score (nSPS) is 16.9. The quantitative estimate of drug-likeness (QED) is 0.324. The highest BCUT2D eigenvalue weighted by Gasteiger charge is 2.36. The Bertz CT molecular complexity index is 1460. The number of carbonyl (C=O) groups is 1. The third-order valence-corrected chi connectivity index (χ3v) is 9.55. The summed E-state index contributed by atoms with van der Waals surface area (Å²) in [6.45, 7) is 4.82. The molecule has 9 heteroatoms. The van der Waals surface area contributed by atoms with Gasteiger partial charge in [0, 0.05) is 13.1 Å². The number of furan rings is 1. The number of sulfonamides is 1. The van der Waals surface area contributed by atoms with Gasteiger partial charge in [0.15, 0.2) is 5.13 Å². The molecule has 5 rings (SSSR count). The van der Waals surface area contributed by atoms with Crippen LogP contribution in [0.5, 0.6) is 0 Å². The first kappa shape index (κ1) is 24.7. The first-order valence-corrected chi connectivity index (χ1v) is 14.4. The lowest BCUT2D eigenvalue weighted by Crippen LogP contribution is -2.46. The number of amides is 1. The molecule has 0 bridgehead atoms. The maximum atomic E-state index is 13.9. The maximum Gasteiger partial charge on any atom is 0.243 e. The molecule has 1 unspecified atom stereocenters. The van der Waals surface area contributed by atoms with Gasteiger partial charge in [-0.2, -0.15) is 4.31 Å². The monoisotopic (exact) mass is 523 g/mol. The van der Waals surface area contributed by atoms with Gasteiger partial charge in [-0.15, -0.1) is 0 Å². The number of fused-ring (bicyclic) bond motifs is 1. The zero-order valence-electron chi connectivity index (χ0n) is 20.4. The Balaban J connectivity index is 1.43. The van der Waals surface area contributed by atoms with E-state index in [9.17, 15) is 13.2 Å². The topological polar surface area (TPSA) is 83.7 Å². The molecule has 0 aliphatic carbocycles. The fourth-order valence-electron chi connectivity index (χ4n) is 4.53. The molecule has 1 atom stereocenters. The van der Waals surface area contributed by atoms with Crippen LogP contribution < -0.4 is 4.90 Å². The van der Waals surface area contributed by atoms with Gasteiger partial charge >= 0.3 is 0 Å². The van der Waals surface area contributed by atoms with E-state index in [0.29, 0.717) is 30.3 Å². The molecule has 1 saturated heterocycles. The van der Waals surface area contributed by atoms with Crippen LogP contribution in [0.15, 0.2) is 70.2 Å². The molecule has 188 valence electrons. The molecule has 0 spiro atoms. The lowest BCUT2D eigenvalue weighted by molar-refractivity contribution is -0.123. The van der Waals surface area contributed by atoms with Crippen molar-refractivity contribution in [3.63, 3.8) is 0 Å². The average Bonchev–Trinajstić information content (AvgIpc) is 3.56. The molecule has 0 saturated carbocycles. The molecule has 1 fully saturated rings. The van der Waals surface area contributed by atoms with Crippen molar-refractivity contribution in [2.45, 2.75) is 44.6 Å². The fraction of sp³-hybridized carbons (Fsp3) is 0.333. The number of carbonyl (C=O) groups excluding carboxylic acids is 1. The molecule has 2 aromatic carbocycles. The van der Waals surface area contributed by atoms with Crippen LogP contribution in [-0.4, -0.2) is 36.7 Å². The van der Waals surface area contributed by atoms with Gasteiger partial charge in [0.2, 0.25) is 15.9 Å². The number of thiazole rings is 1. The van der Waals surface area contributed by atoms with Crippen molar-refractivity contribution in [2.75, 3.05) is 18.0 Å². The molecule has 7 nitrogen and oxygen atoms in total. The lowest BCUT2D eigenvalue weighted by atomic mass is 9.98. The molecule has 0 radical (unpaired) electrons. The number of rotatable bonds is 7. The largest absolute Gasteiger partial charge is 0.467 e. The van der Waals surface area contributed by atoms with E-state index in [1.807, 2.05) is 19.1 Å². The van der Waals surface area contributed by atoms with Gasteiger partial charge in [0.1, 0.15) is 5.76 Å². The van der Waals surface area contributed by atoms with E-state index in [2.05, 4.69) is 19.1 Å². The van der Waals surface area contributed by atoms with Crippen LogP contribution in [-0.2, 0) is 27.8 Å². The molecule has 0 N–H and O–H groups in total. The van der Waals surface area contributed by atoms with Gasteiger partial charge in [0.05, 0.1) is 33.8 Å². The molecular weight excluding hydrogens is 494 g/mol. The molecule has 1 aliphatic rings. The average molecular weight is 524 g/mol. The third-order valence-electron chi connectivity index (χ3n) is 6.63. The van der Waals surface area contributed by atoms with Crippen molar-refractivity contribution in [2.24, 2.45) is 5.92 Å². The van der Waals surface area contributed by atoms with Crippen molar-refractivity contribution in [3.8, 4) is 0 Å². The van der Waals surface area contributed by atoms with E-state index in [1.165, 1.54) is 21.2 Å². The Morgan fingerprint density at radius 2 is 2.00 bits per heavy atom. The SMILES string of the molecule is CCc1ccc2nc(N(Cc3ccco3)C(=O)C3CCCN(S(=O)(=O)c4ccc(C)cc4)C3)sc2c1. The minimum Gasteiger partial charge on any atom is -0.467 e. The molecular formula is C27H29N3O4S2. The van der Waals surface area contributed by atoms with Gasteiger partial charge in [-0.05, 0) is 68.1 Å². The second-order valence-electron chi connectivity index (χ2n) is 9.17. The second-order valence-corrected chi connectivity index (χ2v) is 12.1. The van der Waals surface area contributed by atoms with E-state index in [-0.39, 0.29) is 23.9 Å². The van der Waals surface area contributed by atoms with E-state index in [4.69, 9.17) is 9.40 Å². The molecule has 36 heavy (non-hydrogen) atoms. The number of piperidine rings is 1. The summed E-state index contributed by atoms with van der Waals surface area (Å²) in [6.07, 6.45) is 3.75. The molecule has 1 amide bonds. The zero-order chi connectivity index (χ0) is 25.3. The van der Waals surface area contributed by atoms with Crippen molar-refractivity contribution in [1.82, 2.24) is 9.29 Å². The van der Waals surface area contributed by atoms with E-state index >= 15 is 0 Å². The van der Waals surface area contributed by atoms with E-state index < -0.39 is 15.9 Å². The Morgan fingerprint density at radius 1 is 1.19 bits per heavy atom. The van der Waals surface area contributed by atoms with Crippen molar-refractivity contribution in [1.29, 1.82) is 0 Å². The standard InChI is InChI=1S/C27H29N3O4S2/c1-3-20-10-13-24-25(16-20)35-27(28-24)30(18-22-7-5-15-34-22)26(31)21-6-4-14-29(17-21)36(32,33)23-11-8-19(2)9-12-23/h5,7-13,15-16,21H,3-4,6,14,17-18H2,1-2H3. The summed E-state index contributed by atoms with van der Waals surface area (Å²) in [7, 11) is -3.68. The van der Waals surface area contributed by atoms with Crippen LogP contribution in [0.3, 0.4) is 0 Å². The Labute approximate surface area is 215 Å². The molecule has 2 aromatic heterocycles. The molecule has 3 heterocycles. The van der Waals surface area contributed by atoms with Gasteiger partial charge in [-0.3, -0.25) is 9.69 Å². The third kappa shape index (κ3) is 4.96. The summed E-state index contributed by atoms with van der Waals surface area (Å²) >= 11 is 1.47. The summed E-state index contributed by atoms with van der Waals surface area (Å²) < 4.78 is 34.7. The van der Waals surface area contributed by atoms with Crippen molar-refractivity contribution < 1.29 is 17.6 Å². The summed E-state index contributed by atoms with van der Waals surface area (Å²) in [5, 5.41) is 0.596. The van der Waals surface area contributed by atoms with Gasteiger partial charge in [-0.1, -0.05) is 42.0 Å². The predicted octanol–water partition coefficient (Wildman–Crippen LogP) is 5.39. The highest BCUT2D eigenvalue weighted by molar-refractivity contribution is 7.89. The first-order valence-electron chi connectivity index (χ1n) is 12.1. The summed E-state index contributed by atoms with van der Waals surface area (Å²) in [4.78, 5) is 20.6. The highest BCUT2D eigenvalue weighted by atomic mass is 32.2. The number of anilines is 1. The van der Waals surface area contributed by atoms with E-state index in [1.54, 1.807) is 41.5 Å². The second kappa shape index (κ2) is 10.2. The number of aromatic nitrogens is 1. The predicted molar refractivity (Wildman–Crippen MR) is 142 cm³/mol. The fourth-order valence-corrected chi connectivity index (χ4v) is 7.09. The maximum absolute atomic E-state index is 13.9. The van der Waals surface area contributed by atoms with Gasteiger partial charge in [0.25, 0.3) is 0 Å². The first-order chi connectivity index (χ1) is 17.3. The summed E-state index contributed by atoms with van der Waals surface area (Å²) in [6, 6.07) is 16.6. The Hall–Kier alpha value is -3.01. The summed E-state index contributed by atoms with van der Waals surface area (Å²) in [5.41, 5.74) is 3.05. The van der Waals surface area contributed by atoms with Gasteiger partial charge < -0.3 is 4.42 Å². The zero-order valence-corrected chi connectivity index (χ0v) is 22.0. The van der Waals surface area contributed by atoms with Crippen LogP contribution >= 0.6 is 11.3 Å². The van der Waals surface area contributed by atoms with Crippen molar-refractivity contribution in [3.05, 3.63) is 77.7 Å². The van der Waals surface area contributed by atoms with Crippen LogP contribution in [0, 0.1) is 12.8 Å². The minimum absolute atomic E-state index is 0.134.